The molecule has 0 saturated heterocycles. The van der Waals surface area contributed by atoms with Crippen molar-refractivity contribution in [3.63, 3.8) is 0 Å². The van der Waals surface area contributed by atoms with Crippen LogP contribution in [0.4, 0.5) is 0 Å². The number of benzene rings is 2. The fraction of sp³-hybridized carbons (Fsp3) is 0.478. The molecule has 3 rings (SSSR count). The molecular formula is C23H30O2. The number of ether oxygens (including phenoxy) is 2. The zero-order valence-corrected chi connectivity index (χ0v) is 16.0. The highest BCUT2D eigenvalue weighted by Gasteiger charge is 2.30. The molecule has 2 aromatic carbocycles. The third-order valence-electron chi connectivity index (χ3n) is 5.58. The Kier molecular flexibility index (Phi) is 5.08. The van der Waals surface area contributed by atoms with Gasteiger partial charge in [-0.05, 0) is 66.0 Å². The molecule has 1 aliphatic carbocycles. The molecule has 0 amide bonds. The first-order chi connectivity index (χ1) is 11.9. The molecule has 1 saturated carbocycles. The van der Waals surface area contributed by atoms with Crippen molar-refractivity contribution in [3.05, 3.63) is 48.5 Å². The number of hydrogen-bond acceptors (Lipinski definition) is 2. The molecule has 0 N–H and O–H groups in total. The zero-order valence-electron chi connectivity index (χ0n) is 16.0. The van der Waals surface area contributed by atoms with Gasteiger partial charge in [-0.15, -0.1) is 0 Å². The average molecular weight is 338 g/mol. The van der Waals surface area contributed by atoms with Crippen LogP contribution in [0.1, 0.15) is 52.0 Å². The molecule has 2 aromatic rings. The van der Waals surface area contributed by atoms with Crippen molar-refractivity contribution in [2.24, 2.45) is 11.3 Å². The molecule has 2 heteroatoms. The Balaban J connectivity index is 1.68. The van der Waals surface area contributed by atoms with E-state index in [-0.39, 0.29) is 0 Å². The van der Waals surface area contributed by atoms with Gasteiger partial charge in [0.05, 0.1) is 13.2 Å². The quantitative estimate of drug-likeness (QED) is 0.597. The molecule has 0 aliphatic heterocycles. The van der Waals surface area contributed by atoms with E-state index >= 15 is 0 Å². The third kappa shape index (κ3) is 4.18. The summed E-state index contributed by atoms with van der Waals surface area (Å²) in [4.78, 5) is 0. The van der Waals surface area contributed by atoms with Crippen LogP contribution < -0.4 is 4.74 Å². The second-order valence-electron chi connectivity index (χ2n) is 8.31. The Labute approximate surface area is 151 Å². The third-order valence-corrected chi connectivity index (χ3v) is 5.58. The van der Waals surface area contributed by atoms with Gasteiger partial charge in [0.2, 0.25) is 0 Å². The molecule has 25 heavy (non-hydrogen) atoms. The maximum Gasteiger partial charge on any atom is 0.120 e. The van der Waals surface area contributed by atoms with Gasteiger partial charge in [0, 0.05) is 5.56 Å². The largest absolute Gasteiger partial charge is 0.497 e. The lowest BCUT2D eigenvalue weighted by Crippen LogP contribution is -2.30. The second kappa shape index (κ2) is 7.11. The van der Waals surface area contributed by atoms with Crippen LogP contribution >= 0.6 is 0 Å². The summed E-state index contributed by atoms with van der Waals surface area (Å²) >= 11 is 0. The topological polar surface area (TPSA) is 18.5 Å². The van der Waals surface area contributed by atoms with Crippen molar-refractivity contribution >= 4 is 16.5 Å². The van der Waals surface area contributed by atoms with Crippen LogP contribution in [0.5, 0.6) is 5.75 Å². The molecule has 0 unspecified atom stereocenters. The minimum atomic E-state index is 0.351. The fourth-order valence-corrected chi connectivity index (χ4v) is 3.83. The van der Waals surface area contributed by atoms with Crippen LogP contribution in [-0.4, -0.2) is 13.2 Å². The Morgan fingerprint density at radius 3 is 2.24 bits per heavy atom. The highest BCUT2D eigenvalue weighted by molar-refractivity contribution is 5.86. The minimum absolute atomic E-state index is 0.351. The van der Waals surface area contributed by atoms with E-state index < -0.39 is 0 Å². The van der Waals surface area contributed by atoms with Gasteiger partial charge < -0.3 is 9.47 Å². The molecule has 1 aliphatic rings. The average Bonchev–Trinajstić information content (AvgIpc) is 2.60. The SMILES string of the molecule is C=C(OC)c1ccc2cc(O[C@H]3CC[C@H](C(C)(C)C)CC3)ccc2c1. The first kappa shape index (κ1) is 17.8. The van der Waals surface area contributed by atoms with Crippen LogP contribution in [0.2, 0.25) is 0 Å². The van der Waals surface area contributed by atoms with Gasteiger partial charge in [-0.3, -0.25) is 0 Å². The van der Waals surface area contributed by atoms with Crippen LogP contribution in [-0.2, 0) is 4.74 Å². The summed E-state index contributed by atoms with van der Waals surface area (Å²) in [5.41, 5.74) is 1.43. The van der Waals surface area contributed by atoms with Crippen molar-refractivity contribution in [3.8, 4) is 5.75 Å². The van der Waals surface area contributed by atoms with Crippen LogP contribution in [0.25, 0.3) is 16.5 Å². The Hall–Kier alpha value is -1.96. The lowest BCUT2D eigenvalue weighted by molar-refractivity contribution is 0.0883. The van der Waals surface area contributed by atoms with Gasteiger partial charge in [0.25, 0.3) is 0 Å². The van der Waals surface area contributed by atoms with E-state index in [1.807, 2.05) is 6.07 Å². The Bertz CT molecular complexity index is 746. The van der Waals surface area contributed by atoms with Gasteiger partial charge in [-0.2, -0.15) is 0 Å². The van der Waals surface area contributed by atoms with Crippen LogP contribution in [0, 0.1) is 11.3 Å². The molecule has 0 heterocycles. The van der Waals surface area contributed by atoms with E-state index in [1.165, 1.54) is 23.6 Å². The predicted molar refractivity (Wildman–Crippen MR) is 106 cm³/mol. The van der Waals surface area contributed by atoms with Crippen molar-refractivity contribution in [1.82, 2.24) is 0 Å². The summed E-state index contributed by atoms with van der Waals surface area (Å²) in [6.45, 7) is 11.0. The van der Waals surface area contributed by atoms with E-state index in [0.29, 0.717) is 17.3 Å². The number of hydrogen-bond donors (Lipinski definition) is 0. The van der Waals surface area contributed by atoms with E-state index in [1.54, 1.807) is 7.11 Å². The number of methoxy groups -OCH3 is 1. The molecule has 134 valence electrons. The summed E-state index contributed by atoms with van der Waals surface area (Å²) in [5, 5.41) is 2.37. The van der Waals surface area contributed by atoms with Gasteiger partial charge in [0.15, 0.2) is 0 Å². The molecule has 0 aromatic heterocycles. The molecule has 0 bridgehead atoms. The Morgan fingerprint density at radius 2 is 1.60 bits per heavy atom. The van der Waals surface area contributed by atoms with Crippen molar-refractivity contribution < 1.29 is 9.47 Å². The predicted octanol–water partition coefficient (Wildman–Crippen LogP) is 6.44. The molecule has 2 nitrogen and oxygen atoms in total. The van der Waals surface area contributed by atoms with Crippen LogP contribution in [0.15, 0.2) is 43.0 Å². The second-order valence-corrected chi connectivity index (χ2v) is 8.31. The molecule has 0 atom stereocenters. The van der Waals surface area contributed by atoms with Gasteiger partial charge in [-0.1, -0.05) is 45.5 Å². The first-order valence-corrected chi connectivity index (χ1v) is 9.30. The maximum atomic E-state index is 6.28. The fourth-order valence-electron chi connectivity index (χ4n) is 3.83. The molecular weight excluding hydrogens is 308 g/mol. The van der Waals surface area contributed by atoms with E-state index in [4.69, 9.17) is 9.47 Å². The summed E-state index contributed by atoms with van der Waals surface area (Å²) in [5.74, 6) is 2.49. The summed E-state index contributed by atoms with van der Waals surface area (Å²) in [6, 6.07) is 12.6. The van der Waals surface area contributed by atoms with Gasteiger partial charge >= 0.3 is 0 Å². The lowest BCUT2D eigenvalue weighted by atomic mass is 9.72. The van der Waals surface area contributed by atoms with E-state index in [2.05, 4.69) is 57.7 Å². The van der Waals surface area contributed by atoms with Gasteiger partial charge in [-0.25, -0.2) is 0 Å². The smallest absolute Gasteiger partial charge is 0.120 e. The van der Waals surface area contributed by atoms with Gasteiger partial charge in [0.1, 0.15) is 11.5 Å². The zero-order chi connectivity index (χ0) is 18.0. The normalized spacial score (nSPS) is 21.1. The number of fused-ring (bicyclic) bond motifs is 1. The summed E-state index contributed by atoms with van der Waals surface area (Å²) in [7, 11) is 1.65. The standard InChI is InChI=1S/C23H30O2/c1-16(24-5)17-6-7-19-15-22(11-8-18(19)14-17)25-21-12-9-20(10-13-21)23(2,3)4/h6-8,11,14-15,20-21H,1,9-10,12-13H2,2-5H3/t20-,21-. The summed E-state index contributed by atoms with van der Waals surface area (Å²) in [6.07, 6.45) is 5.21. The highest BCUT2D eigenvalue weighted by atomic mass is 16.5. The first-order valence-electron chi connectivity index (χ1n) is 9.30. The molecule has 1 fully saturated rings. The highest BCUT2D eigenvalue weighted by Crippen LogP contribution is 2.39. The van der Waals surface area contributed by atoms with E-state index in [0.717, 1.165) is 30.1 Å². The van der Waals surface area contributed by atoms with Crippen molar-refractivity contribution in [2.45, 2.75) is 52.6 Å². The van der Waals surface area contributed by atoms with E-state index in [9.17, 15) is 0 Å². The summed E-state index contributed by atoms with van der Waals surface area (Å²) < 4.78 is 11.5. The molecule has 0 radical (unpaired) electrons. The monoisotopic (exact) mass is 338 g/mol. The lowest BCUT2D eigenvalue weighted by Gasteiger charge is -2.37. The minimum Gasteiger partial charge on any atom is -0.497 e. The molecule has 0 spiro atoms. The maximum absolute atomic E-state index is 6.28. The van der Waals surface area contributed by atoms with Crippen molar-refractivity contribution in [1.29, 1.82) is 0 Å². The Morgan fingerprint density at radius 1 is 0.960 bits per heavy atom. The van der Waals surface area contributed by atoms with Crippen LogP contribution in [0.3, 0.4) is 0 Å². The number of rotatable bonds is 4. The van der Waals surface area contributed by atoms with Crippen molar-refractivity contribution in [2.75, 3.05) is 7.11 Å².